The van der Waals surface area contributed by atoms with Crippen LogP contribution in [0.1, 0.15) is 23.7 Å². The Morgan fingerprint density at radius 2 is 2.04 bits per heavy atom. The Hall–Kier alpha value is -2.76. The lowest BCUT2D eigenvalue weighted by atomic mass is 10.1. The van der Waals surface area contributed by atoms with Crippen LogP contribution >= 0.6 is 0 Å². The smallest absolute Gasteiger partial charge is 0.319 e. The molecule has 0 radical (unpaired) electrons. The SMILES string of the molecule is CCc1ccc(CCNC(=O)Nc2cc(OC)ccc2C)nc1NC. The second-order valence-electron chi connectivity index (χ2n) is 5.73. The van der Waals surface area contributed by atoms with Gasteiger partial charge in [0.25, 0.3) is 0 Å². The van der Waals surface area contributed by atoms with Crippen molar-refractivity contribution in [3.63, 3.8) is 0 Å². The maximum absolute atomic E-state index is 12.1. The molecule has 0 aliphatic carbocycles. The Kier molecular flexibility index (Phi) is 6.62. The highest BCUT2D eigenvalue weighted by Crippen LogP contribution is 2.21. The van der Waals surface area contributed by atoms with Crippen LogP contribution in [0.4, 0.5) is 16.3 Å². The third kappa shape index (κ3) is 5.11. The van der Waals surface area contributed by atoms with Gasteiger partial charge in [-0.15, -0.1) is 0 Å². The van der Waals surface area contributed by atoms with Gasteiger partial charge in [0.1, 0.15) is 11.6 Å². The van der Waals surface area contributed by atoms with Gasteiger partial charge in [-0.25, -0.2) is 9.78 Å². The van der Waals surface area contributed by atoms with Crippen LogP contribution in [0.5, 0.6) is 5.75 Å². The fourth-order valence-corrected chi connectivity index (χ4v) is 2.50. The van der Waals surface area contributed by atoms with E-state index in [-0.39, 0.29) is 6.03 Å². The molecule has 2 aromatic rings. The van der Waals surface area contributed by atoms with Crippen LogP contribution in [-0.4, -0.2) is 31.7 Å². The normalized spacial score (nSPS) is 10.2. The molecule has 0 spiro atoms. The minimum Gasteiger partial charge on any atom is -0.497 e. The number of nitrogens with zero attached hydrogens (tertiary/aromatic N) is 1. The average Bonchev–Trinajstić information content (AvgIpc) is 2.63. The third-order valence-electron chi connectivity index (χ3n) is 4.01. The standard InChI is InChI=1S/C19H26N4O2/c1-5-14-7-8-15(22-18(14)20-3)10-11-21-19(24)23-17-12-16(25-4)9-6-13(17)2/h6-9,12H,5,10-11H2,1-4H3,(H,20,22)(H2,21,23,24). The summed E-state index contributed by atoms with van der Waals surface area (Å²) < 4.78 is 5.19. The number of aromatic nitrogens is 1. The number of carbonyl (C=O) groups is 1. The second kappa shape index (κ2) is 8.92. The van der Waals surface area contributed by atoms with Gasteiger partial charge in [0.15, 0.2) is 0 Å². The number of hydrogen-bond acceptors (Lipinski definition) is 4. The molecule has 6 heteroatoms. The zero-order valence-electron chi connectivity index (χ0n) is 15.3. The maximum atomic E-state index is 12.1. The number of rotatable bonds is 7. The molecule has 0 aliphatic heterocycles. The summed E-state index contributed by atoms with van der Waals surface area (Å²) in [5, 5.41) is 8.82. The Bertz CT molecular complexity index is 731. The summed E-state index contributed by atoms with van der Waals surface area (Å²) in [5.41, 5.74) is 3.84. The molecule has 0 aliphatic rings. The Morgan fingerprint density at radius 3 is 2.72 bits per heavy atom. The summed E-state index contributed by atoms with van der Waals surface area (Å²) in [6, 6.07) is 9.42. The van der Waals surface area contributed by atoms with Gasteiger partial charge in [0.2, 0.25) is 0 Å². The summed E-state index contributed by atoms with van der Waals surface area (Å²) in [5.74, 6) is 1.61. The number of pyridine rings is 1. The summed E-state index contributed by atoms with van der Waals surface area (Å²) in [4.78, 5) is 16.7. The summed E-state index contributed by atoms with van der Waals surface area (Å²) in [6.07, 6.45) is 1.60. The van der Waals surface area contributed by atoms with Gasteiger partial charge >= 0.3 is 6.03 Å². The number of amides is 2. The lowest BCUT2D eigenvalue weighted by Crippen LogP contribution is -2.30. The van der Waals surface area contributed by atoms with Crippen molar-refractivity contribution in [3.8, 4) is 5.75 Å². The predicted molar refractivity (Wildman–Crippen MR) is 102 cm³/mol. The first kappa shape index (κ1) is 18.6. The van der Waals surface area contributed by atoms with Gasteiger partial charge in [-0.1, -0.05) is 19.1 Å². The number of urea groups is 1. The largest absolute Gasteiger partial charge is 0.497 e. The predicted octanol–water partition coefficient (Wildman–Crippen LogP) is 3.37. The highest BCUT2D eigenvalue weighted by Gasteiger charge is 2.07. The summed E-state index contributed by atoms with van der Waals surface area (Å²) in [7, 11) is 3.47. The first-order chi connectivity index (χ1) is 12.1. The average molecular weight is 342 g/mol. The maximum Gasteiger partial charge on any atom is 0.319 e. The van der Waals surface area contributed by atoms with Crippen molar-refractivity contribution >= 4 is 17.5 Å². The van der Waals surface area contributed by atoms with Crippen molar-refractivity contribution in [2.45, 2.75) is 26.7 Å². The molecule has 134 valence electrons. The molecular weight excluding hydrogens is 316 g/mol. The quantitative estimate of drug-likeness (QED) is 0.721. The van der Waals surface area contributed by atoms with Crippen molar-refractivity contribution < 1.29 is 9.53 Å². The Morgan fingerprint density at radius 1 is 1.24 bits per heavy atom. The number of anilines is 2. The minimum atomic E-state index is -0.240. The van der Waals surface area contributed by atoms with Gasteiger partial charge in [0.05, 0.1) is 7.11 Å². The van der Waals surface area contributed by atoms with Gasteiger partial charge in [0, 0.05) is 37.5 Å². The van der Waals surface area contributed by atoms with Crippen LogP contribution in [-0.2, 0) is 12.8 Å². The van der Waals surface area contributed by atoms with E-state index in [1.54, 1.807) is 13.2 Å². The van der Waals surface area contributed by atoms with Crippen molar-refractivity contribution in [1.82, 2.24) is 10.3 Å². The van der Waals surface area contributed by atoms with Crippen LogP contribution in [0.3, 0.4) is 0 Å². The second-order valence-corrected chi connectivity index (χ2v) is 5.73. The van der Waals surface area contributed by atoms with Crippen molar-refractivity contribution in [2.75, 3.05) is 31.3 Å². The molecule has 6 nitrogen and oxygen atoms in total. The molecule has 3 N–H and O–H groups in total. The number of carbonyl (C=O) groups excluding carboxylic acids is 1. The van der Waals surface area contributed by atoms with Crippen LogP contribution < -0.4 is 20.7 Å². The zero-order valence-corrected chi connectivity index (χ0v) is 15.3. The van der Waals surface area contributed by atoms with Crippen molar-refractivity contribution in [2.24, 2.45) is 0 Å². The third-order valence-corrected chi connectivity index (χ3v) is 4.01. The lowest BCUT2D eigenvalue weighted by molar-refractivity contribution is 0.252. The Labute approximate surface area is 149 Å². The molecule has 0 saturated heterocycles. The number of nitrogens with one attached hydrogen (secondary N) is 3. The van der Waals surface area contributed by atoms with Crippen LogP contribution in [0.25, 0.3) is 0 Å². The molecule has 2 rings (SSSR count). The first-order valence-corrected chi connectivity index (χ1v) is 8.43. The molecule has 1 aromatic heterocycles. The number of hydrogen-bond donors (Lipinski definition) is 3. The van der Waals surface area contributed by atoms with Gasteiger partial charge in [-0.2, -0.15) is 0 Å². The van der Waals surface area contributed by atoms with E-state index < -0.39 is 0 Å². The van der Waals surface area contributed by atoms with Crippen LogP contribution in [0.2, 0.25) is 0 Å². The number of ether oxygens (including phenoxy) is 1. The molecule has 0 saturated carbocycles. The topological polar surface area (TPSA) is 75.3 Å². The highest BCUT2D eigenvalue weighted by atomic mass is 16.5. The van der Waals surface area contributed by atoms with E-state index in [0.29, 0.717) is 18.7 Å². The lowest BCUT2D eigenvalue weighted by Gasteiger charge is -2.12. The fraction of sp³-hybridized carbons (Fsp3) is 0.368. The minimum absolute atomic E-state index is 0.240. The summed E-state index contributed by atoms with van der Waals surface area (Å²) >= 11 is 0. The van der Waals surface area contributed by atoms with Gasteiger partial charge in [-0.3, -0.25) is 0 Å². The number of benzene rings is 1. The van der Waals surface area contributed by atoms with E-state index in [2.05, 4.69) is 33.9 Å². The highest BCUT2D eigenvalue weighted by molar-refractivity contribution is 5.90. The van der Waals surface area contributed by atoms with E-state index in [1.165, 1.54) is 5.56 Å². The van der Waals surface area contributed by atoms with E-state index >= 15 is 0 Å². The van der Waals surface area contributed by atoms with Crippen molar-refractivity contribution in [3.05, 3.63) is 47.2 Å². The fourth-order valence-electron chi connectivity index (χ4n) is 2.50. The molecule has 0 bridgehead atoms. The Balaban J connectivity index is 1.88. The molecular formula is C19H26N4O2. The molecule has 1 aromatic carbocycles. The van der Waals surface area contributed by atoms with E-state index in [0.717, 1.165) is 29.2 Å². The van der Waals surface area contributed by atoms with Gasteiger partial charge in [-0.05, 0) is 36.6 Å². The summed E-state index contributed by atoms with van der Waals surface area (Å²) in [6.45, 7) is 4.55. The van der Waals surface area contributed by atoms with E-state index in [9.17, 15) is 4.79 Å². The molecule has 0 unspecified atom stereocenters. The molecule has 0 fully saturated rings. The number of methoxy groups -OCH3 is 1. The molecule has 25 heavy (non-hydrogen) atoms. The molecule has 2 amide bonds. The van der Waals surface area contributed by atoms with E-state index in [1.807, 2.05) is 32.2 Å². The van der Waals surface area contributed by atoms with Gasteiger partial charge < -0.3 is 20.7 Å². The first-order valence-electron chi connectivity index (χ1n) is 8.43. The van der Waals surface area contributed by atoms with Crippen LogP contribution in [0.15, 0.2) is 30.3 Å². The van der Waals surface area contributed by atoms with E-state index in [4.69, 9.17) is 4.74 Å². The number of aryl methyl sites for hydroxylation is 2. The molecule has 0 atom stereocenters. The monoisotopic (exact) mass is 342 g/mol. The molecule has 1 heterocycles. The zero-order chi connectivity index (χ0) is 18.2. The van der Waals surface area contributed by atoms with Crippen LogP contribution in [0, 0.1) is 6.92 Å². The van der Waals surface area contributed by atoms with Crippen molar-refractivity contribution in [1.29, 1.82) is 0 Å².